The second-order valence-electron chi connectivity index (χ2n) is 5.79. The highest BCUT2D eigenvalue weighted by atomic mass is 15.1. The van der Waals surface area contributed by atoms with Crippen LogP contribution in [0.5, 0.6) is 0 Å². The molecule has 0 aliphatic rings. The third kappa shape index (κ3) is 2.52. The predicted octanol–water partition coefficient (Wildman–Crippen LogP) is 4.12. The lowest BCUT2D eigenvalue weighted by Gasteiger charge is -2.07. The molecule has 1 aromatic carbocycles. The Morgan fingerprint density at radius 1 is 1.12 bits per heavy atom. The first-order valence-electron chi connectivity index (χ1n) is 7.76. The van der Waals surface area contributed by atoms with Crippen molar-refractivity contribution in [2.45, 2.75) is 19.5 Å². The van der Waals surface area contributed by atoms with Gasteiger partial charge >= 0.3 is 0 Å². The Balaban J connectivity index is 1.73. The van der Waals surface area contributed by atoms with Gasteiger partial charge in [-0.15, -0.1) is 0 Å². The highest BCUT2D eigenvalue weighted by Crippen LogP contribution is 2.20. The van der Waals surface area contributed by atoms with Crippen LogP contribution in [-0.4, -0.2) is 19.5 Å². The predicted molar refractivity (Wildman–Crippen MR) is 91.9 cm³/mol. The number of nitrogens with zero attached hydrogens (tertiary/aromatic N) is 5. The first-order chi connectivity index (χ1) is 11.7. The summed E-state index contributed by atoms with van der Waals surface area (Å²) in [5, 5.41) is 4.67. The van der Waals surface area contributed by atoms with E-state index in [1.54, 1.807) is 12.5 Å². The van der Waals surface area contributed by atoms with Gasteiger partial charge in [-0.25, -0.2) is 15.5 Å². The molecule has 0 saturated carbocycles. The molecule has 0 spiro atoms. The van der Waals surface area contributed by atoms with Crippen LogP contribution >= 0.6 is 0 Å². The Morgan fingerprint density at radius 2 is 2.00 bits per heavy atom. The van der Waals surface area contributed by atoms with Gasteiger partial charge in [0, 0.05) is 11.6 Å². The number of benzene rings is 1. The summed E-state index contributed by atoms with van der Waals surface area (Å²) in [6.07, 6.45) is 3.60. The lowest BCUT2D eigenvalue weighted by molar-refractivity contribution is 0.708. The summed E-state index contributed by atoms with van der Waals surface area (Å²) in [4.78, 5) is 13.4. The van der Waals surface area contributed by atoms with E-state index < -0.39 is 0 Å². The number of hydrogen-bond acceptors (Lipinski definition) is 5. The Hall–Kier alpha value is -3.15. The fourth-order valence-electron chi connectivity index (χ4n) is 2.79. The number of hydrogen-bond donors (Lipinski definition) is 1. The van der Waals surface area contributed by atoms with E-state index in [0.717, 1.165) is 27.8 Å². The third-order valence-corrected chi connectivity index (χ3v) is 4.13. The lowest BCUT2D eigenvalue weighted by Crippen LogP contribution is -2.01. The topological polar surface area (TPSA) is 79.8 Å². The van der Waals surface area contributed by atoms with Crippen LogP contribution in [0.2, 0.25) is 0 Å². The second kappa shape index (κ2) is 5.81. The molecule has 0 amide bonds. The number of nitrogens with one attached hydrogen (secondary N) is 1. The molecule has 0 bridgehead atoms. The van der Waals surface area contributed by atoms with Crippen LogP contribution in [0, 0.1) is 5.53 Å². The molecule has 4 rings (SSSR count). The maximum absolute atomic E-state index is 7.18. The molecule has 3 aromatic heterocycles. The minimum absolute atomic E-state index is 0.246. The van der Waals surface area contributed by atoms with Gasteiger partial charge in [0.15, 0.2) is 5.65 Å². The van der Waals surface area contributed by atoms with Gasteiger partial charge in [-0.1, -0.05) is 12.1 Å². The number of fused-ring (bicyclic) bond motifs is 2. The van der Waals surface area contributed by atoms with Gasteiger partial charge in [-0.3, -0.25) is 4.98 Å². The molecular formula is C18H16N6. The van der Waals surface area contributed by atoms with E-state index in [1.165, 1.54) is 5.56 Å². The number of aromatic nitrogens is 4. The van der Waals surface area contributed by atoms with Gasteiger partial charge in [-0.2, -0.15) is 5.11 Å². The quantitative estimate of drug-likeness (QED) is 0.575. The highest BCUT2D eigenvalue weighted by molar-refractivity contribution is 5.79. The van der Waals surface area contributed by atoms with Gasteiger partial charge in [0.2, 0.25) is 0 Å². The molecule has 1 atom stereocenters. The molecule has 1 N–H and O–H groups in total. The molecule has 0 fully saturated rings. The number of imidazole rings is 1. The van der Waals surface area contributed by atoms with Crippen molar-refractivity contribution in [3.8, 4) is 0 Å². The van der Waals surface area contributed by atoms with Crippen molar-refractivity contribution in [2.75, 3.05) is 0 Å². The summed E-state index contributed by atoms with van der Waals surface area (Å²) in [5.41, 5.74) is 11.8. The number of pyridine rings is 2. The van der Waals surface area contributed by atoms with Crippen LogP contribution in [0.15, 0.2) is 60.1 Å². The van der Waals surface area contributed by atoms with Crippen LogP contribution in [0.25, 0.3) is 22.1 Å². The van der Waals surface area contributed by atoms with E-state index in [9.17, 15) is 0 Å². The maximum atomic E-state index is 7.18. The van der Waals surface area contributed by atoms with Gasteiger partial charge in [0.05, 0.1) is 24.1 Å². The van der Waals surface area contributed by atoms with Crippen molar-refractivity contribution in [2.24, 2.45) is 5.11 Å². The van der Waals surface area contributed by atoms with Crippen molar-refractivity contribution in [1.29, 1.82) is 5.53 Å². The van der Waals surface area contributed by atoms with Crippen LogP contribution in [-0.2, 0) is 6.54 Å². The zero-order valence-corrected chi connectivity index (χ0v) is 13.2. The summed E-state index contributed by atoms with van der Waals surface area (Å²) in [6, 6.07) is 13.8. The van der Waals surface area contributed by atoms with Gasteiger partial charge in [0.1, 0.15) is 11.6 Å². The maximum Gasteiger partial charge on any atom is 0.160 e. The van der Waals surface area contributed by atoms with E-state index in [-0.39, 0.29) is 6.04 Å². The Morgan fingerprint density at radius 3 is 2.88 bits per heavy atom. The van der Waals surface area contributed by atoms with Crippen molar-refractivity contribution >= 4 is 22.1 Å². The van der Waals surface area contributed by atoms with Crippen molar-refractivity contribution in [3.05, 3.63) is 66.2 Å². The van der Waals surface area contributed by atoms with Crippen LogP contribution in [0.3, 0.4) is 0 Å². The van der Waals surface area contributed by atoms with E-state index >= 15 is 0 Å². The molecule has 24 heavy (non-hydrogen) atoms. The van der Waals surface area contributed by atoms with Gasteiger partial charge < -0.3 is 4.57 Å². The van der Waals surface area contributed by atoms with E-state index in [4.69, 9.17) is 5.53 Å². The van der Waals surface area contributed by atoms with Crippen LogP contribution < -0.4 is 0 Å². The summed E-state index contributed by atoms with van der Waals surface area (Å²) >= 11 is 0. The Bertz CT molecular complexity index is 1040. The molecule has 0 aliphatic heterocycles. The first-order valence-corrected chi connectivity index (χ1v) is 7.76. The molecule has 1 unspecified atom stereocenters. The molecule has 0 saturated heterocycles. The average molecular weight is 316 g/mol. The normalized spacial score (nSPS) is 12.5. The van der Waals surface area contributed by atoms with Crippen LogP contribution in [0.4, 0.5) is 0 Å². The van der Waals surface area contributed by atoms with E-state index in [2.05, 4.69) is 38.3 Å². The minimum atomic E-state index is -0.246. The molecular weight excluding hydrogens is 300 g/mol. The van der Waals surface area contributed by atoms with Crippen molar-refractivity contribution in [3.63, 3.8) is 0 Å². The average Bonchev–Trinajstić information content (AvgIpc) is 3.03. The van der Waals surface area contributed by atoms with E-state index in [0.29, 0.717) is 6.54 Å². The number of rotatable bonds is 4. The minimum Gasteiger partial charge on any atom is -0.311 e. The van der Waals surface area contributed by atoms with Gasteiger partial charge in [0.25, 0.3) is 0 Å². The molecule has 6 heteroatoms. The Labute approximate surface area is 138 Å². The molecule has 0 aliphatic carbocycles. The summed E-state index contributed by atoms with van der Waals surface area (Å²) in [6.45, 7) is 2.54. The second-order valence-corrected chi connectivity index (χ2v) is 5.79. The van der Waals surface area contributed by atoms with Crippen molar-refractivity contribution in [1.82, 2.24) is 19.5 Å². The molecule has 3 heterocycles. The molecule has 4 aromatic rings. The third-order valence-electron chi connectivity index (χ3n) is 4.13. The SMILES string of the molecule is CC(N=N)c1ccc2ncn(Cc3ccc4ncccc4c3)c2n1. The van der Waals surface area contributed by atoms with Crippen molar-refractivity contribution < 1.29 is 0 Å². The lowest BCUT2D eigenvalue weighted by atomic mass is 10.1. The fourth-order valence-corrected chi connectivity index (χ4v) is 2.79. The standard InChI is InChI=1S/C18H16N6/c1-12(23-19)15-6-7-17-18(22-15)24(11-21-17)10-13-4-5-16-14(9-13)3-2-8-20-16/h2-9,11-12,19H,10H2,1H3. The largest absolute Gasteiger partial charge is 0.311 e. The van der Waals surface area contributed by atoms with E-state index in [1.807, 2.05) is 35.8 Å². The zero-order chi connectivity index (χ0) is 16.5. The monoisotopic (exact) mass is 316 g/mol. The highest BCUT2D eigenvalue weighted by Gasteiger charge is 2.10. The smallest absolute Gasteiger partial charge is 0.160 e. The first kappa shape index (κ1) is 14.4. The molecule has 0 radical (unpaired) electrons. The zero-order valence-electron chi connectivity index (χ0n) is 13.2. The fraction of sp³-hybridized carbons (Fsp3) is 0.167. The Kier molecular flexibility index (Phi) is 3.49. The summed E-state index contributed by atoms with van der Waals surface area (Å²) in [5.74, 6) is 0. The summed E-state index contributed by atoms with van der Waals surface area (Å²) in [7, 11) is 0. The van der Waals surface area contributed by atoms with Gasteiger partial charge in [-0.05, 0) is 42.8 Å². The van der Waals surface area contributed by atoms with Crippen LogP contribution in [0.1, 0.15) is 24.2 Å². The molecule has 6 nitrogen and oxygen atoms in total. The molecule has 118 valence electrons. The summed E-state index contributed by atoms with van der Waals surface area (Å²) < 4.78 is 2.02.